The highest BCUT2D eigenvalue weighted by atomic mass is 16.1. The fourth-order valence-electron chi connectivity index (χ4n) is 2.17. The molecule has 1 unspecified atom stereocenters. The first kappa shape index (κ1) is 11.5. The van der Waals surface area contributed by atoms with Crippen LogP contribution in [0.1, 0.15) is 18.4 Å². The molecular weight excluding hydrogens is 218 g/mol. The number of piperidine rings is 1. The van der Waals surface area contributed by atoms with Gasteiger partial charge in [0.2, 0.25) is 5.91 Å². The number of aromatic amines is 1. The molecule has 17 heavy (non-hydrogen) atoms. The van der Waals surface area contributed by atoms with Crippen molar-refractivity contribution in [2.24, 2.45) is 11.7 Å². The summed E-state index contributed by atoms with van der Waals surface area (Å²) in [6.07, 6.45) is 3.39. The van der Waals surface area contributed by atoms with Crippen LogP contribution in [0.3, 0.4) is 0 Å². The fourth-order valence-corrected chi connectivity index (χ4v) is 2.17. The van der Waals surface area contributed by atoms with E-state index >= 15 is 0 Å². The molecule has 0 saturated carbocycles. The van der Waals surface area contributed by atoms with Gasteiger partial charge in [0.1, 0.15) is 11.7 Å². The lowest BCUT2D eigenvalue weighted by Crippen LogP contribution is -2.44. The Bertz CT molecular complexity index is 439. The molecule has 1 aliphatic heterocycles. The molecular formula is C11H17N5O. The Morgan fingerprint density at radius 1 is 1.59 bits per heavy atom. The van der Waals surface area contributed by atoms with Gasteiger partial charge in [-0.2, -0.15) is 0 Å². The van der Waals surface area contributed by atoms with Gasteiger partial charge < -0.3 is 21.4 Å². The number of primary amides is 1. The van der Waals surface area contributed by atoms with Crippen molar-refractivity contribution >= 4 is 17.6 Å². The van der Waals surface area contributed by atoms with Crippen molar-refractivity contribution in [1.29, 1.82) is 5.41 Å². The number of amides is 1. The van der Waals surface area contributed by atoms with E-state index in [1.165, 1.54) is 0 Å². The number of amidine groups is 1. The largest absolute Gasteiger partial charge is 0.385 e. The zero-order valence-corrected chi connectivity index (χ0v) is 9.57. The molecule has 92 valence electrons. The third-order valence-corrected chi connectivity index (χ3v) is 3.17. The molecule has 1 fully saturated rings. The molecule has 1 aromatic heterocycles. The summed E-state index contributed by atoms with van der Waals surface area (Å²) in [5.41, 5.74) is 11.7. The van der Waals surface area contributed by atoms with Crippen LogP contribution in [0.5, 0.6) is 0 Å². The normalized spacial score (nSPS) is 20.2. The number of likely N-dealkylation sites (tertiary alicyclic amines) is 1. The van der Waals surface area contributed by atoms with Gasteiger partial charge in [0.05, 0.1) is 11.5 Å². The molecule has 1 aliphatic rings. The predicted octanol–water partition coefficient (Wildman–Crippen LogP) is 0.120. The van der Waals surface area contributed by atoms with Crippen LogP contribution < -0.4 is 11.5 Å². The number of nitrogens with zero attached hydrogens (tertiary/aromatic N) is 1. The van der Waals surface area contributed by atoms with Crippen molar-refractivity contribution in [3.8, 4) is 0 Å². The zero-order valence-electron chi connectivity index (χ0n) is 9.57. The highest BCUT2D eigenvalue weighted by Gasteiger charge is 2.26. The maximum absolute atomic E-state index is 11.2. The van der Waals surface area contributed by atoms with Crippen molar-refractivity contribution in [2.75, 3.05) is 18.8 Å². The van der Waals surface area contributed by atoms with E-state index < -0.39 is 0 Å². The van der Waals surface area contributed by atoms with E-state index in [4.69, 9.17) is 16.9 Å². The summed E-state index contributed by atoms with van der Waals surface area (Å²) in [6, 6.07) is 1.77. The first-order valence-electron chi connectivity index (χ1n) is 5.65. The zero-order chi connectivity index (χ0) is 12.4. The van der Waals surface area contributed by atoms with E-state index in [2.05, 4.69) is 4.98 Å². The number of hydrogen-bond acceptors (Lipinski definition) is 3. The van der Waals surface area contributed by atoms with Crippen molar-refractivity contribution in [1.82, 2.24) is 9.88 Å². The SMILES string of the molecule is N=C(c1cc[nH]c1N)N1CCCC(C(N)=O)C1. The van der Waals surface area contributed by atoms with Crippen LogP contribution in [0.25, 0.3) is 0 Å². The number of nitrogen functional groups attached to an aromatic ring is 1. The Kier molecular flexibility index (Phi) is 3.03. The average molecular weight is 235 g/mol. The molecule has 1 saturated heterocycles. The Hall–Kier alpha value is -1.98. The summed E-state index contributed by atoms with van der Waals surface area (Å²) >= 11 is 0. The molecule has 6 N–H and O–H groups in total. The number of hydrogen-bond donors (Lipinski definition) is 4. The molecule has 2 heterocycles. The van der Waals surface area contributed by atoms with Gasteiger partial charge in [-0.15, -0.1) is 0 Å². The summed E-state index contributed by atoms with van der Waals surface area (Å²) < 4.78 is 0. The molecule has 1 amide bonds. The second-order valence-electron chi connectivity index (χ2n) is 4.34. The van der Waals surface area contributed by atoms with Gasteiger partial charge in [0, 0.05) is 19.3 Å². The Balaban J connectivity index is 2.10. The number of H-pyrrole nitrogens is 1. The first-order chi connectivity index (χ1) is 8.09. The lowest BCUT2D eigenvalue weighted by atomic mass is 9.97. The molecule has 1 aromatic rings. The van der Waals surface area contributed by atoms with Crippen molar-refractivity contribution in [3.05, 3.63) is 17.8 Å². The van der Waals surface area contributed by atoms with Gasteiger partial charge in [-0.1, -0.05) is 0 Å². The summed E-state index contributed by atoms with van der Waals surface area (Å²) in [5, 5.41) is 8.09. The second-order valence-corrected chi connectivity index (χ2v) is 4.34. The van der Waals surface area contributed by atoms with Crippen LogP contribution in [0, 0.1) is 11.3 Å². The number of rotatable bonds is 2. The van der Waals surface area contributed by atoms with Crippen molar-refractivity contribution in [3.63, 3.8) is 0 Å². The first-order valence-corrected chi connectivity index (χ1v) is 5.65. The molecule has 1 atom stereocenters. The topological polar surface area (TPSA) is 112 Å². The summed E-state index contributed by atoms with van der Waals surface area (Å²) in [6.45, 7) is 1.28. The molecule has 0 aliphatic carbocycles. The maximum atomic E-state index is 11.2. The van der Waals surface area contributed by atoms with Crippen molar-refractivity contribution in [2.45, 2.75) is 12.8 Å². The van der Waals surface area contributed by atoms with Gasteiger partial charge in [0.25, 0.3) is 0 Å². The van der Waals surface area contributed by atoms with Gasteiger partial charge in [-0.25, -0.2) is 0 Å². The number of nitrogens with two attached hydrogens (primary N) is 2. The molecule has 0 radical (unpaired) electrons. The monoisotopic (exact) mass is 235 g/mol. The van der Waals surface area contributed by atoms with Crippen molar-refractivity contribution < 1.29 is 4.79 Å². The number of carbonyl (C=O) groups excluding carboxylic acids is 1. The quantitative estimate of drug-likeness (QED) is 0.431. The smallest absolute Gasteiger partial charge is 0.222 e. The Labute approximate surface area is 99.5 Å². The van der Waals surface area contributed by atoms with E-state index in [1.807, 2.05) is 4.90 Å². The van der Waals surface area contributed by atoms with E-state index in [-0.39, 0.29) is 11.8 Å². The standard InChI is InChI=1S/C11H17N5O/c12-9-8(3-4-15-9)10(13)16-5-1-2-7(6-16)11(14)17/h3-4,7,13,15H,1-2,5-6,12H2,(H2,14,17). The van der Waals surface area contributed by atoms with Crippen LogP contribution in [0.4, 0.5) is 5.82 Å². The number of anilines is 1. The number of nitrogens with one attached hydrogen (secondary N) is 2. The lowest BCUT2D eigenvalue weighted by Gasteiger charge is -2.32. The minimum atomic E-state index is -0.287. The van der Waals surface area contributed by atoms with Gasteiger partial charge in [-0.3, -0.25) is 10.2 Å². The van der Waals surface area contributed by atoms with Crippen LogP contribution in [0.2, 0.25) is 0 Å². The van der Waals surface area contributed by atoms with E-state index in [9.17, 15) is 4.79 Å². The molecule has 0 spiro atoms. The Morgan fingerprint density at radius 3 is 2.94 bits per heavy atom. The van der Waals surface area contributed by atoms with E-state index in [0.29, 0.717) is 23.8 Å². The fraction of sp³-hybridized carbons (Fsp3) is 0.455. The summed E-state index contributed by atoms with van der Waals surface area (Å²) in [7, 11) is 0. The number of carbonyl (C=O) groups is 1. The summed E-state index contributed by atoms with van der Waals surface area (Å²) in [5.74, 6) is 0.389. The third-order valence-electron chi connectivity index (χ3n) is 3.17. The minimum Gasteiger partial charge on any atom is -0.385 e. The van der Waals surface area contributed by atoms with Gasteiger partial charge in [0.15, 0.2) is 0 Å². The molecule has 6 nitrogen and oxygen atoms in total. The van der Waals surface area contributed by atoms with Crippen LogP contribution in [-0.4, -0.2) is 34.7 Å². The molecule has 2 rings (SSSR count). The van der Waals surface area contributed by atoms with Crippen LogP contribution in [0.15, 0.2) is 12.3 Å². The van der Waals surface area contributed by atoms with Gasteiger partial charge in [-0.05, 0) is 18.9 Å². The molecule has 0 aromatic carbocycles. The third kappa shape index (κ3) is 2.25. The molecule has 6 heteroatoms. The average Bonchev–Trinajstić information content (AvgIpc) is 2.74. The molecule has 0 bridgehead atoms. The summed E-state index contributed by atoms with van der Waals surface area (Å²) in [4.78, 5) is 15.9. The minimum absolute atomic E-state index is 0.163. The van der Waals surface area contributed by atoms with Crippen LogP contribution in [-0.2, 0) is 4.79 Å². The van der Waals surface area contributed by atoms with Crippen LogP contribution >= 0.6 is 0 Å². The number of aromatic nitrogens is 1. The lowest BCUT2D eigenvalue weighted by molar-refractivity contribution is -0.122. The Morgan fingerprint density at radius 2 is 2.35 bits per heavy atom. The predicted molar refractivity (Wildman–Crippen MR) is 65.5 cm³/mol. The van der Waals surface area contributed by atoms with E-state index in [0.717, 1.165) is 19.4 Å². The maximum Gasteiger partial charge on any atom is 0.222 e. The van der Waals surface area contributed by atoms with Gasteiger partial charge >= 0.3 is 0 Å². The van der Waals surface area contributed by atoms with E-state index in [1.54, 1.807) is 12.3 Å². The highest BCUT2D eigenvalue weighted by Crippen LogP contribution is 2.20. The highest BCUT2D eigenvalue weighted by molar-refractivity contribution is 6.00. The second kappa shape index (κ2) is 4.48.